The Labute approximate surface area is 220 Å². The molecule has 0 aliphatic rings. The van der Waals surface area contributed by atoms with E-state index in [0.29, 0.717) is 10.6 Å². The number of aromatic nitrogens is 4. The second kappa shape index (κ2) is 11.7. The van der Waals surface area contributed by atoms with Crippen LogP contribution >= 0.6 is 11.6 Å². The van der Waals surface area contributed by atoms with Crippen molar-refractivity contribution in [2.24, 2.45) is 10.9 Å². The Morgan fingerprint density at radius 3 is 2.55 bits per heavy atom. The Balaban J connectivity index is 1.78. The largest absolute Gasteiger partial charge is 0.469 e. The fourth-order valence-corrected chi connectivity index (χ4v) is 3.68. The van der Waals surface area contributed by atoms with E-state index in [1.807, 2.05) is 0 Å². The van der Waals surface area contributed by atoms with Crippen LogP contribution in [0.4, 0.5) is 10.1 Å². The van der Waals surface area contributed by atoms with Crippen molar-refractivity contribution < 1.29 is 18.7 Å². The minimum atomic E-state index is -0.785. The third-order valence-electron chi connectivity index (χ3n) is 5.50. The van der Waals surface area contributed by atoms with Crippen LogP contribution in [0, 0.1) is 11.7 Å². The average Bonchev–Trinajstić information content (AvgIpc) is 2.91. The molecule has 2 heterocycles. The lowest BCUT2D eigenvalue weighted by Gasteiger charge is -2.14. The lowest BCUT2D eigenvalue weighted by Crippen LogP contribution is -2.51. The van der Waals surface area contributed by atoms with Gasteiger partial charge >= 0.3 is 17.3 Å². The van der Waals surface area contributed by atoms with Crippen molar-refractivity contribution in [3.05, 3.63) is 110 Å². The van der Waals surface area contributed by atoms with Crippen molar-refractivity contribution in [2.75, 3.05) is 7.11 Å². The first-order chi connectivity index (χ1) is 18.2. The van der Waals surface area contributed by atoms with Crippen molar-refractivity contribution in [2.45, 2.75) is 20.0 Å². The van der Waals surface area contributed by atoms with Gasteiger partial charge in [0.2, 0.25) is 11.5 Å². The van der Waals surface area contributed by atoms with E-state index < -0.39 is 29.1 Å². The summed E-state index contributed by atoms with van der Waals surface area (Å²) in [5.41, 5.74) is -0.801. The number of pyridine rings is 1. The molecule has 10 nitrogen and oxygen atoms in total. The molecule has 0 unspecified atom stereocenters. The van der Waals surface area contributed by atoms with Crippen LogP contribution in [0.15, 0.2) is 81.4 Å². The molecule has 1 N–H and O–H groups in total. The molecule has 2 aromatic carbocycles. The fraction of sp³-hybridized carbons (Fsp3) is 0.192. The molecule has 0 fully saturated rings. The van der Waals surface area contributed by atoms with E-state index in [9.17, 15) is 18.8 Å². The highest BCUT2D eigenvalue weighted by molar-refractivity contribution is 6.30. The molecular formula is C26H23ClFN5O5. The number of methoxy groups -OCH3 is 1. The van der Waals surface area contributed by atoms with Gasteiger partial charge < -0.3 is 9.47 Å². The number of ether oxygens (including phenoxy) is 2. The Hall–Kier alpha value is -4.51. The van der Waals surface area contributed by atoms with E-state index in [0.717, 1.165) is 10.6 Å². The van der Waals surface area contributed by atoms with E-state index in [2.05, 4.69) is 15.0 Å². The van der Waals surface area contributed by atoms with Crippen LogP contribution in [0.25, 0.3) is 0 Å². The van der Waals surface area contributed by atoms with Crippen LogP contribution in [0.1, 0.15) is 12.5 Å². The molecule has 196 valence electrons. The van der Waals surface area contributed by atoms with E-state index in [4.69, 9.17) is 21.1 Å². The number of nitrogens with zero attached hydrogens (tertiary/aromatic N) is 4. The number of esters is 1. The first kappa shape index (κ1) is 26.6. The van der Waals surface area contributed by atoms with Gasteiger partial charge in [0, 0.05) is 29.9 Å². The average molecular weight is 540 g/mol. The summed E-state index contributed by atoms with van der Waals surface area (Å²) in [5, 5.41) is 0.512. The van der Waals surface area contributed by atoms with Gasteiger partial charge in [0.1, 0.15) is 0 Å². The highest BCUT2D eigenvalue weighted by atomic mass is 35.5. The van der Waals surface area contributed by atoms with Gasteiger partial charge in [-0.2, -0.15) is 0 Å². The molecule has 12 heteroatoms. The van der Waals surface area contributed by atoms with Gasteiger partial charge in [-0.3, -0.25) is 14.3 Å². The summed E-state index contributed by atoms with van der Waals surface area (Å²) in [7, 11) is 1.22. The van der Waals surface area contributed by atoms with E-state index in [-0.39, 0.29) is 36.0 Å². The number of carbonyl (C=O) groups is 1. The van der Waals surface area contributed by atoms with Crippen LogP contribution in [0.3, 0.4) is 0 Å². The van der Waals surface area contributed by atoms with Gasteiger partial charge in [-0.15, -0.1) is 0 Å². The summed E-state index contributed by atoms with van der Waals surface area (Å²) in [6, 6.07) is 15.7. The fourth-order valence-electron chi connectivity index (χ4n) is 3.55. The van der Waals surface area contributed by atoms with E-state index in [1.165, 1.54) is 36.9 Å². The zero-order chi connectivity index (χ0) is 27.2. The normalized spacial score (nSPS) is 12.3. The molecule has 4 rings (SSSR count). The van der Waals surface area contributed by atoms with Crippen LogP contribution in [0.5, 0.6) is 11.6 Å². The molecule has 0 spiro atoms. The van der Waals surface area contributed by atoms with Crippen molar-refractivity contribution >= 4 is 23.3 Å². The smallest absolute Gasteiger partial charge is 0.335 e. The number of carbonyl (C=O) groups excluding carboxylic acids is 1. The van der Waals surface area contributed by atoms with Gasteiger partial charge in [0.05, 0.1) is 25.3 Å². The second-order valence-electron chi connectivity index (χ2n) is 8.28. The summed E-state index contributed by atoms with van der Waals surface area (Å²) in [4.78, 5) is 49.0. The number of nitrogens with one attached hydrogen (secondary N) is 1. The number of aromatic amines is 1. The maximum Gasteiger partial charge on any atom is 0.335 e. The lowest BCUT2D eigenvalue weighted by atomic mass is 10.2. The van der Waals surface area contributed by atoms with Gasteiger partial charge in [-0.1, -0.05) is 36.7 Å². The third kappa shape index (κ3) is 6.24. The number of rotatable bonds is 8. The molecule has 0 saturated heterocycles. The molecule has 4 aromatic rings. The minimum absolute atomic E-state index is 0.0155. The molecule has 0 amide bonds. The zero-order valence-electron chi connectivity index (χ0n) is 20.4. The lowest BCUT2D eigenvalue weighted by molar-refractivity contribution is -0.145. The summed E-state index contributed by atoms with van der Waals surface area (Å²) in [6.07, 6.45) is 1.51. The molecular weight excluding hydrogens is 517 g/mol. The number of hydrogen-bond acceptors (Lipinski definition) is 7. The molecule has 38 heavy (non-hydrogen) atoms. The number of hydrogen-bond donors (Lipinski definition) is 1. The quantitative estimate of drug-likeness (QED) is 0.343. The maximum absolute atomic E-state index is 14.8. The van der Waals surface area contributed by atoms with Crippen LogP contribution < -0.4 is 21.7 Å². The maximum atomic E-state index is 14.8. The van der Waals surface area contributed by atoms with Gasteiger partial charge in [-0.05, 0) is 35.9 Å². The Morgan fingerprint density at radius 2 is 1.89 bits per heavy atom. The minimum Gasteiger partial charge on any atom is -0.469 e. The zero-order valence-corrected chi connectivity index (χ0v) is 21.2. The molecule has 0 radical (unpaired) electrons. The van der Waals surface area contributed by atoms with Gasteiger partial charge in [0.15, 0.2) is 11.6 Å². The molecule has 2 aromatic heterocycles. The Kier molecular flexibility index (Phi) is 8.17. The third-order valence-corrected chi connectivity index (χ3v) is 5.75. The van der Waals surface area contributed by atoms with E-state index in [1.54, 1.807) is 42.5 Å². The van der Waals surface area contributed by atoms with Crippen molar-refractivity contribution in [3.8, 4) is 11.6 Å². The molecule has 1 atom stereocenters. The van der Waals surface area contributed by atoms with Crippen LogP contribution in [-0.2, 0) is 22.6 Å². The Morgan fingerprint density at radius 1 is 1.13 bits per heavy atom. The van der Waals surface area contributed by atoms with Crippen molar-refractivity contribution in [3.63, 3.8) is 0 Å². The highest BCUT2D eigenvalue weighted by Crippen LogP contribution is 2.26. The van der Waals surface area contributed by atoms with Gasteiger partial charge in [0.25, 0.3) is 0 Å². The number of halogens is 2. The molecule has 0 saturated carbocycles. The number of benzene rings is 2. The SMILES string of the molecule is COC(=O)[C@@H](C)Cn1c(=O)[nH]/c(=N\c2ccc(Oc3ccccn3)c(F)c2)n(Cc2ccc(Cl)cc2)c1=O. The molecule has 0 aliphatic heterocycles. The summed E-state index contributed by atoms with van der Waals surface area (Å²) < 4.78 is 27.0. The molecule has 0 bridgehead atoms. The standard InChI is InChI=1S/C26H23ClFN5O5/c1-16(23(34)37-2)14-33-25(35)31-24(32(26(33)36)15-17-6-8-18(27)9-7-17)30-19-10-11-21(20(28)13-19)38-22-5-3-4-12-29-22/h3-13,16H,14-15H2,1-2H3,(H,30,31,35)/t16-/m0/s1. The van der Waals surface area contributed by atoms with Crippen molar-refractivity contribution in [1.82, 2.24) is 19.1 Å². The monoisotopic (exact) mass is 539 g/mol. The summed E-state index contributed by atoms with van der Waals surface area (Å²) >= 11 is 5.98. The van der Waals surface area contributed by atoms with Crippen LogP contribution in [-0.4, -0.2) is 32.2 Å². The summed E-state index contributed by atoms with van der Waals surface area (Å²) in [5.74, 6) is -1.91. The topological polar surface area (TPSA) is 121 Å². The first-order valence-electron chi connectivity index (χ1n) is 11.4. The Bertz CT molecular complexity index is 1630. The predicted molar refractivity (Wildman–Crippen MR) is 137 cm³/mol. The van der Waals surface area contributed by atoms with E-state index >= 15 is 0 Å². The number of H-pyrrole nitrogens is 1. The second-order valence-corrected chi connectivity index (χ2v) is 8.72. The first-order valence-corrected chi connectivity index (χ1v) is 11.8. The molecule has 0 aliphatic carbocycles. The van der Waals surface area contributed by atoms with Crippen LogP contribution in [0.2, 0.25) is 5.02 Å². The highest BCUT2D eigenvalue weighted by Gasteiger charge is 2.18. The van der Waals surface area contributed by atoms with Crippen molar-refractivity contribution in [1.29, 1.82) is 0 Å². The predicted octanol–water partition coefficient (Wildman–Crippen LogP) is 3.41. The van der Waals surface area contributed by atoms with Gasteiger partial charge in [-0.25, -0.2) is 28.5 Å². The summed E-state index contributed by atoms with van der Waals surface area (Å²) in [6.45, 7) is 1.34.